The molecule has 2 aromatic rings. The highest BCUT2D eigenvalue weighted by Crippen LogP contribution is 2.26. The van der Waals surface area contributed by atoms with Crippen LogP contribution in [-0.2, 0) is 17.5 Å². The molecular weight excluding hydrogens is 285 g/mol. The van der Waals surface area contributed by atoms with Crippen LogP contribution in [0.3, 0.4) is 0 Å². The van der Waals surface area contributed by atoms with Crippen molar-refractivity contribution in [1.29, 1.82) is 0 Å². The lowest BCUT2D eigenvalue weighted by Crippen LogP contribution is -2.27. The summed E-state index contributed by atoms with van der Waals surface area (Å²) in [5.74, 6) is -2.38. The fraction of sp³-hybridized carbons (Fsp3) is 0.375. The summed E-state index contributed by atoms with van der Waals surface area (Å²) in [5.41, 5.74) is -0.0585. The molecule has 12 heteroatoms. The molecular formula is C8H7F3N6O3. The number of aromatic amines is 1. The summed E-state index contributed by atoms with van der Waals surface area (Å²) in [4.78, 5) is 11.4. The van der Waals surface area contributed by atoms with Crippen LogP contribution in [0.4, 0.5) is 13.2 Å². The number of halogens is 3. The predicted octanol–water partition coefficient (Wildman–Crippen LogP) is -0.410. The zero-order valence-electron chi connectivity index (χ0n) is 9.57. The summed E-state index contributed by atoms with van der Waals surface area (Å²) in [6, 6.07) is 1.27. The molecule has 0 saturated heterocycles. The maximum Gasteiger partial charge on any atom is 0.453 e. The Kier molecular flexibility index (Phi) is 3.65. The Morgan fingerprint density at radius 3 is 2.90 bits per heavy atom. The van der Waals surface area contributed by atoms with E-state index in [0.29, 0.717) is 0 Å². The number of aromatic nitrogens is 6. The summed E-state index contributed by atoms with van der Waals surface area (Å²) >= 11 is 0. The Bertz CT molecular complexity index is 581. The number of aliphatic hydroxyl groups excluding tert-OH is 1. The predicted molar refractivity (Wildman–Crippen MR) is 52.8 cm³/mol. The molecule has 2 aromatic heterocycles. The standard InChI is InChI=1S/C8H7F3N6O3/c9-8(10,11)7-14-15-16-17(7)3-5(18)20-6(19)4-1-2-12-13-4/h1-2,5,18H,3H2,(H,12,13). The molecule has 20 heavy (non-hydrogen) atoms. The molecule has 108 valence electrons. The van der Waals surface area contributed by atoms with E-state index >= 15 is 0 Å². The van der Waals surface area contributed by atoms with E-state index in [0.717, 1.165) is 0 Å². The Labute approximate surface area is 108 Å². The Morgan fingerprint density at radius 2 is 2.30 bits per heavy atom. The Morgan fingerprint density at radius 1 is 1.55 bits per heavy atom. The molecule has 0 aliphatic rings. The smallest absolute Gasteiger partial charge is 0.429 e. The van der Waals surface area contributed by atoms with Crippen LogP contribution in [0.15, 0.2) is 12.3 Å². The van der Waals surface area contributed by atoms with Crippen molar-refractivity contribution in [2.45, 2.75) is 19.0 Å². The van der Waals surface area contributed by atoms with Crippen molar-refractivity contribution in [3.63, 3.8) is 0 Å². The van der Waals surface area contributed by atoms with Crippen molar-refractivity contribution in [2.24, 2.45) is 0 Å². The highest BCUT2D eigenvalue weighted by Gasteiger charge is 2.38. The lowest BCUT2D eigenvalue weighted by molar-refractivity contribution is -0.150. The molecule has 2 rings (SSSR count). The second-order valence-electron chi connectivity index (χ2n) is 3.51. The molecule has 2 heterocycles. The summed E-state index contributed by atoms with van der Waals surface area (Å²) in [7, 11) is 0. The number of ether oxygens (including phenoxy) is 1. The number of nitrogens with zero attached hydrogens (tertiary/aromatic N) is 5. The lowest BCUT2D eigenvalue weighted by Gasteiger charge is -2.12. The number of aliphatic hydroxyl groups is 1. The zero-order valence-corrected chi connectivity index (χ0v) is 9.57. The van der Waals surface area contributed by atoms with Gasteiger partial charge in [-0.3, -0.25) is 5.10 Å². The van der Waals surface area contributed by atoms with Crippen LogP contribution < -0.4 is 0 Å². The molecule has 0 fully saturated rings. The second kappa shape index (κ2) is 5.24. The average Bonchev–Trinajstić information content (AvgIpc) is 2.97. The van der Waals surface area contributed by atoms with E-state index in [1.54, 1.807) is 0 Å². The summed E-state index contributed by atoms with van der Waals surface area (Å²) in [6.45, 7) is -0.762. The third kappa shape index (κ3) is 3.09. The van der Waals surface area contributed by atoms with Crippen LogP contribution in [-0.4, -0.2) is 47.8 Å². The van der Waals surface area contributed by atoms with Gasteiger partial charge in [0.1, 0.15) is 12.2 Å². The van der Waals surface area contributed by atoms with Gasteiger partial charge in [0.15, 0.2) is 0 Å². The minimum absolute atomic E-state index is 0.0585. The van der Waals surface area contributed by atoms with Gasteiger partial charge in [-0.15, -0.1) is 5.10 Å². The van der Waals surface area contributed by atoms with E-state index in [1.807, 2.05) is 0 Å². The number of H-pyrrole nitrogens is 1. The summed E-state index contributed by atoms with van der Waals surface area (Å²) in [5, 5.41) is 23.9. The molecule has 1 atom stereocenters. The topological polar surface area (TPSA) is 119 Å². The molecule has 0 aliphatic carbocycles. The number of hydrogen-bond acceptors (Lipinski definition) is 7. The van der Waals surface area contributed by atoms with Gasteiger partial charge in [-0.1, -0.05) is 0 Å². The van der Waals surface area contributed by atoms with Gasteiger partial charge < -0.3 is 9.84 Å². The van der Waals surface area contributed by atoms with Crippen molar-refractivity contribution in [3.05, 3.63) is 23.8 Å². The SMILES string of the molecule is O=C(OC(O)Cn1nnnc1C(F)(F)F)c1ccn[nH]1. The molecule has 0 saturated carbocycles. The van der Waals surface area contributed by atoms with Gasteiger partial charge in [0, 0.05) is 6.20 Å². The first-order valence-corrected chi connectivity index (χ1v) is 5.09. The molecule has 0 bridgehead atoms. The molecule has 0 radical (unpaired) electrons. The maximum atomic E-state index is 12.5. The fourth-order valence-electron chi connectivity index (χ4n) is 1.27. The Hall–Kier alpha value is -2.50. The number of nitrogens with one attached hydrogen (secondary N) is 1. The fourth-order valence-corrected chi connectivity index (χ4v) is 1.27. The van der Waals surface area contributed by atoms with E-state index in [1.165, 1.54) is 12.3 Å². The van der Waals surface area contributed by atoms with Crippen molar-refractivity contribution < 1.29 is 27.8 Å². The zero-order chi connectivity index (χ0) is 14.8. The van der Waals surface area contributed by atoms with E-state index in [2.05, 4.69) is 30.5 Å². The van der Waals surface area contributed by atoms with E-state index in [-0.39, 0.29) is 10.4 Å². The molecule has 1 unspecified atom stereocenters. The van der Waals surface area contributed by atoms with Gasteiger partial charge in [0.05, 0.1) is 0 Å². The molecule has 2 N–H and O–H groups in total. The Balaban J connectivity index is 2.00. The van der Waals surface area contributed by atoms with E-state index in [4.69, 9.17) is 0 Å². The second-order valence-corrected chi connectivity index (χ2v) is 3.51. The van der Waals surface area contributed by atoms with Gasteiger partial charge in [-0.2, -0.15) is 18.3 Å². The normalized spacial score (nSPS) is 13.2. The number of alkyl halides is 3. The van der Waals surface area contributed by atoms with E-state index in [9.17, 15) is 23.1 Å². The summed E-state index contributed by atoms with van der Waals surface area (Å²) in [6.07, 6.45) is -5.36. The first-order valence-electron chi connectivity index (χ1n) is 5.09. The van der Waals surface area contributed by atoms with Crippen LogP contribution in [0, 0.1) is 0 Å². The van der Waals surface area contributed by atoms with Crippen molar-refractivity contribution in [1.82, 2.24) is 30.4 Å². The van der Waals surface area contributed by atoms with Crippen LogP contribution in [0.25, 0.3) is 0 Å². The molecule has 0 aliphatic heterocycles. The van der Waals surface area contributed by atoms with Crippen molar-refractivity contribution >= 4 is 5.97 Å². The third-order valence-corrected chi connectivity index (χ3v) is 2.08. The average molecular weight is 292 g/mol. The van der Waals surface area contributed by atoms with Crippen LogP contribution in [0.5, 0.6) is 0 Å². The number of tetrazole rings is 1. The number of esters is 1. The first-order chi connectivity index (χ1) is 9.38. The monoisotopic (exact) mass is 292 g/mol. The highest BCUT2D eigenvalue weighted by atomic mass is 19.4. The summed E-state index contributed by atoms with van der Waals surface area (Å²) < 4.78 is 42.1. The van der Waals surface area contributed by atoms with E-state index < -0.39 is 30.8 Å². The lowest BCUT2D eigenvalue weighted by atomic mass is 10.4. The van der Waals surface area contributed by atoms with Crippen LogP contribution in [0.2, 0.25) is 0 Å². The molecule has 0 spiro atoms. The first kappa shape index (κ1) is 13.9. The van der Waals surface area contributed by atoms with Gasteiger partial charge in [-0.05, 0) is 16.5 Å². The highest BCUT2D eigenvalue weighted by molar-refractivity contribution is 5.87. The van der Waals surface area contributed by atoms with Gasteiger partial charge in [0.2, 0.25) is 6.29 Å². The van der Waals surface area contributed by atoms with Crippen LogP contribution in [0.1, 0.15) is 16.3 Å². The number of hydrogen-bond donors (Lipinski definition) is 2. The van der Waals surface area contributed by atoms with Crippen LogP contribution >= 0.6 is 0 Å². The van der Waals surface area contributed by atoms with Gasteiger partial charge >= 0.3 is 12.1 Å². The minimum atomic E-state index is -4.78. The molecule has 0 aromatic carbocycles. The number of carbonyl (C=O) groups is 1. The molecule has 9 nitrogen and oxygen atoms in total. The number of carbonyl (C=O) groups excluding carboxylic acids is 1. The number of rotatable bonds is 4. The molecule has 0 amide bonds. The van der Waals surface area contributed by atoms with Crippen molar-refractivity contribution in [2.75, 3.05) is 0 Å². The quantitative estimate of drug-likeness (QED) is 0.580. The third-order valence-electron chi connectivity index (χ3n) is 2.08. The maximum absolute atomic E-state index is 12.5. The van der Waals surface area contributed by atoms with Gasteiger partial charge in [-0.25, -0.2) is 9.48 Å². The minimum Gasteiger partial charge on any atom is -0.429 e. The van der Waals surface area contributed by atoms with Gasteiger partial charge in [0.25, 0.3) is 5.82 Å². The van der Waals surface area contributed by atoms with Crippen molar-refractivity contribution in [3.8, 4) is 0 Å². The largest absolute Gasteiger partial charge is 0.453 e.